The number of nitrogens with zero attached hydrogens (tertiary/aromatic N) is 1. The van der Waals surface area contributed by atoms with Gasteiger partial charge in [-0.1, -0.05) is 12.8 Å². The van der Waals surface area contributed by atoms with Crippen molar-refractivity contribution < 1.29 is 4.74 Å². The minimum atomic E-state index is 0.136. The van der Waals surface area contributed by atoms with Crippen LogP contribution in [-0.2, 0) is 4.74 Å². The van der Waals surface area contributed by atoms with Crippen LogP contribution >= 0.6 is 0 Å². The predicted molar refractivity (Wildman–Crippen MR) is 63.9 cm³/mol. The third-order valence-electron chi connectivity index (χ3n) is 3.66. The van der Waals surface area contributed by atoms with Crippen LogP contribution in [0.25, 0.3) is 0 Å². The molecular formula is C12H26N2O. The van der Waals surface area contributed by atoms with Gasteiger partial charge in [0.1, 0.15) is 0 Å². The largest absolute Gasteiger partial charge is 0.377 e. The van der Waals surface area contributed by atoms with Crippen LogP contribution in [0.5, 0.6) is 0 Å². The summed E-state index contributed by atoms with van der Waals surface area (Å²) in [6, 6.07) is 0.136. The third kappa shape index (κ3) is 2.92. The molecule has 3 heteroatoms. The first-order valence-corrected chi connectivity index (χ1v) is 6.03. The van der Waals surface area contributed by atoms with Crippen molar-refractivity contribution in [2.24, 2.45) is 5.73 Å². The van der Waals surface area contributed by atoms with Crippen molar-refractivity contribution in [2.75, 3.05) is 20.7 Å². The van der Waals surface area contributed by atoms with E-state index in [2.05, 4.69) is 32.8 Å². The Morgan fingerprint density at radius 3 is 2.20 bits per heavy atom. The molecule has 90 valence electrons. The van der Waals surface area contributed by atoms with Gasteiger partial charge in [0.15, 0.2) is 0 Å². The minimum Gasteiger partial charge on any atom is -0.377 e. The zero-order valence-electron chi connectivity index (χ0n) is 10.6. The van der Waals surface area contributed by atoms with E-state index in [-0.39, 0.29) is 17.7 Å². The lowest BCUT2D eigenvalue weighted by molar-refractivity contribution is 0.0207. The molecule has 1 rings (SSSR count). The zero-order chi connectivity index (χ0) is 11.5. The average Bonchev–Trinajstić information content (AvgIpc) is 2.63. The SMILES string of the molecule is CC(C)OCC(N)C1(N(C)C)CCCC1. The Balaban J connectivity index is 2.56. The van der Waals surface area contributed by atoms with Gasteiger partial charge in [0.25, 0.3) is 0 Å². The zero-order valence-corrected chi connectivity index (χ0v) is 10.6. The molecule has 0 amide bonds. The molecule has 0 aliphatic heterocycles. The van der Waals surface area contributed by atoms with Gasteiger partial charge in [-0.15, -0.1) is 0 Å². The van der Waals surface area contributed by atoms with Crippen molar-refractivity contribution in [3.63, 3.8) is 0 Å². The molecule has 0 spiro atoms. The van der Waals surface area contributed by atoms with E-state index in [9.17, 15) is 0 Å². The highest BCUT2D eigenvalue weighted by Gasteiger charge is 2.41. The molecule has 0 aromatic heterocycles. The van der Waals surface area contributed by atoms with Crippen molar-refractivity contribution in [1.82, 2.24) is 4.90 Å². The number of hydrogen-bond acceptors (Lipinski definition) is 3. The lowest BCUT2D eigenvalue weighted by Gasteiger charge is -2.41. The Morgan fingerprint density at radius 1 is 1.27 bits per heavy atom. The summed E-state index contributed by atoms with van der Waals surface area (Å²) in [5.74, 6) is 0. The smallest absolute Gasteiger partial charge is 0.0639 e. The van der Waals surface area contributed by atoms with Crippen molar-refractivity contribution in [1.29, 1.82) is 0 Å². The van der Waals surface area contributed by atoms with Gasteiger partial charge in [0.05, 0.1) is 12.7 Å². The number of likely N-dealkylation sites (N-methyl/N-ethyl adjacent to an activating group) is 1. The fourth-order valence-electron chi connectivity index (χ4n) is 2.59. The number of hydrogen-bond donors (Lipinski definition) is 1. The van der Waals surface area contributed by atoms with Crippen LogP contribution in [0.3, 0.4) is 0 Å². The first-order chi connectivity index (χ1) is 6.99. The predicted octanol–water partition coefficient (Wildman–Crippen LogP) is 1.61. The van der Waals surface area contributed by atoms with Gasteiger partial charge in [-0.05, 0) is 40.8 Å². The second-order valence-corrected chi connectivity index (χ2v) is 5.19. The van der Waals surface area contributed by atoms with Gasteiger partial charge in [-0.2, -0.15) is 0 Å². The number of rotatable bonds is 5. The topological polar surface area (TPSA) is 38.5 Å². The van der Waals surface area contributed by atoms with Gasteiger partial charge in [0.2, 0.25) is 0 Å². The van der Waals surface area contributed by atoms with Crippen LogP contribution < -0.4 is 5.73 Å². The van der Waals surface area contributed by atoms with Gasteiger partial charge in [-0.25, -0.2) is 0 Å². The van der Waals surface area contributed by atoms with Crippen molar-refractivity contribution in [2.45, 2.75) is 57.2 Å². The second-order valence-electron chi connectivity index (χ2n) is 5.19. The molecule has 1 fully saturated rings. The molecule has 1 aliphatic carbocycles. The summed E-state index contributed by atoms with van der Waals surface area (Å²) in [7, 11) is 4.28. The maximum absolute atomic E-state index is 6.30. The second kappa shape index (κ2) is 5.28. The Kier molecular flexibility index (Phi) is 4.56. The van der Waals surface area contributed by atoms with Crippen molar-refractivity contribution in [3.05, 3.63) is 0 Å². The molecule has 1 aliphatic rings. The van der Waals surface area contributed by atoms with E-state index < -0.39 is 0 Å². The highest BCUT2D eigenvalue weighted by Crippen LogP contribution is 2.36. The summed E-state index contributed by atoms with van der Waals surface area (Å²) in [4.78, 5) is 2.30. The fraction of sp³-hybridized carbons (Fsp3) is 1.00. The van der Waals surface area contributed by atoms with E-state index in [1.54, 1.807) is 0 Å². The fourth-order valence-corrected chi connectivity index (χ4v) is 2.59. The molecule has 0 heterocycles. The Bertz CT molecular complexity index is 186. The van der Waals surface area contributed by atoms with Gasteiger partial charge < -0.3 is 15.4 Å². The number of ether oxygens (including phenoxy) is 1. The van der Waals surface area contributed by atoms with Crippen LogP contribution in [0.15, 0.2) is 0 Å². The molecule has 1 saturated carbocycles. The molecule has 3 nitrogen and oxygen atoms in total. The molecule has 0 radical (unpaired) electrons. The van der Waals surface area contributed by atoms with E-state index in [1.807, 2.05) is 0 Å². The molecule has 1 unspecified atom stereocenters. The molecule has 2 N–H and O–H groups in total. The summed E-state index contributed by atoms with van der Waals surface area (Å²) in [6.45, 7) is 4.79. The van der Waals surface area contributed by atoms with E-state index in [0.717, 1.165) is 0 Å². The minimum absolute atomic E-state index is 0.136. The van der Waals surface area contributed by atoms with Gasteiger partial charge in [-0.3, -0.25) is 0 Å². The molecule has 1 atom stereocenters. The summed E-state index contributed by atoms with van der Waals surface area (Å²) in [6.07, 6.45) is 5.29. The van der Waals surface area contributed by atoms with E-state index in [4.69, 9.17) is 10.5 Å². The van der Waals surface area contributed by atoms with Gasteiger partial charge in [0, 0.05) is 11.6 Å². The summed E-state index contributed by atoms with van der Waals surface area (Å²) < 4.78 is 5.64. The average molecular weight is 214 g/mol. The number of nitrogens with two attached hydrogens (primary N) is 1. The Labute approximate surface area is 94.0 Å². The van der Waals surface area contributed by atoms with E-state index >= 15 is 0 Å². The lowest BCUT2D eigenvalue weighted by atomic mass is 9.88. The molecule has 0 bridgehead atoms. The maximum atomic E-state index is 6.30. The summed E-state index contributed by atoms with van der Waals surface area (Å²) in [5, 5.41) is 0. The van der Waals surface area contributed by atoms with Crippen LogP contribution in [0.2, 0.25) is 0 Å². The first kappa shape index (κ1) is 12.9. The molecule has 0 aromatic rings. The highest BCUT2D eigenvalue weighted by atomic mass is 16.5. The normalized spacial score (nSPS) is 22.6. The van der Waals surface area contributed by atoms with Gasteiger partial charge >= 0.3 is 0 Å². The standard InChI is InChI=1S/C12H26N2O/c1-10(2)15-9-11(13)12(14(3)4)7-5-6-8-12/h10-11H,5-9,13H2,1-4H3. The van der Waals surface area contributed by atoms with E-state index in [0.29, 0.717) is 6.61 Å². The van der Waals surface area contributed by atoms with E-state index in [1.165, 1.54) is 25.7 Å². The van der Waals surface area contributed by atoms with Crippen LogP contribution in [-0.4, -0.2) is 43.3 Å². The molecule has 15 heavy (non-hydrogen) atoms. The van der Waals surface area contributed by atoms with Crippen LogP contribution in [0.4, 0.5) is 0 Å². The quantitative estimate of drug-likeness (QED) is 0.755. The monoisotopic (exact) mass is 214 g/mol. The maximum Gasteiger partial charge on any atom is 0.0639 e. The van der Waals surface area contributed by atoms with Crippen LogP contribution in [0.1, 0.15) is 39.5 Å². The Morgan fingerprint density at radius 2 is 1.80 bits per heavy atom. The van der Waals surface area contributed by atoms with Crippen LogP contribution in [0, 0.1) is 0 Å². The lowest BCUT2D eigenvalue weighted by Crippen LogP contribution is -2.57. The van der Waals surface area contributed by atoms with Crippen molar-refractivity contribution >= 4 is 0 Å². The molecular weight excluding hydrogens is 188 g/mol. The van der Waals surface area contributed by atoms with Crippen molar-refractivity contribution in [3.8, 4) is 0 Å². The third-order valence-corrected chi connectivity index (χ3v) is 3.66. The molecule has 0 saturated heterocycles. The Hall–Kier alpha value is -0.120. The summed E-state index contributed by atoms with van der Waals surface area (Å²) >= 11 is 0. The molecule has 0 aromatic carbocycles. The first-order valence-electron chi connectivity index (χ1n) is 6.03. The highest BCUT2D eigenvalue weighted by molar-refractivity contribution is 5.00. The summed E-state index contributed by atoms with van der Waals surface area (Å²) in [5.41, 5.74) is 6.47.